The first-order valence-electron chi connectivity index (χ1n) is 7.81. The molecule has 7 nitrogen and oxygen atoms in total. The molecule has 0 aromatic heterocycles. The fraction of sp³-hybridized carbons (Fsp3) is 0.158. The summed E-state index contributed by atoms with van der Waals surface area (Å²) >= 11 is 0. The van der Waals surface area contributed by atoms with Crippen LogP contribution in [0.15, 0.2) is 48.5 Å². The van der Waals surface area contributed by atoms with Gasteiger partial charge in [0, 0.05) is 18.1 Å². The van der Waals surface area contributed by atoms with E-state index in [0.717, 1.165) is 5.56 Å². The highest BCUT2D eigenvalue weighted by molar-refractivity contribution is 6.14. The van der Waals surface area contributed by atoms with Crippen LogP contribution in [0, 0.1) is 6.92 Å². The fourth-order valence-corrected chi connectivity index (χ4v) is 2.12. The number of ketones is 1. The number of amides is 2. The first-order chi connectivity index (χ1) is 12.4. The number of aryl methyl sites for hydroxylation is 1. The number of hydrazine groups is 1. The summed E-state index contributed by atoms with van der Waals surface area (Å²) < 4.78 is 4.91. The molecule has 26 heavy (non-hydrogen) atoms. The number of hydrogen-bond donors (Lipinski definition) is 2. The Kier molecular flexibility index (Phi) is 6.21. The van der Waals surface area contributed by atoms with Gasteiger partial charge in [0.25, 0.3) is 5.91 Å². The van der Waals surface area contributed by atoms with Gasteiger partial charge in [-0.05, 0) is 13.0 Å². The van der Waals surface area contributed by atoms with E-state index in [1.165, 1.54) is 19.1 Å². The van der Waals surface area contributed by atoms with E-state index in [9.17, 15) is 19.2 Å². The number of nitrogens with one attached hydrogen (secondary N) is 2. The Morgan fingerprint density at radius 1 is 0.885 bits per heavy atom. The van der Waals surface area contributed by atoms with Gasteiger partial charge in [0.2, 0.25) is 5.91 Å². The molecule has 0 fully saturated rings. The second-order valence-electron chi connectivity index (χ2n) is 5.55. The summed E-state index contributed by atoms with van der Waals surface area (Å²) in [6.45, 7) is 2.54. The molecule has 0 aliphatic heterocycles. The largest absolute Gasteiger partial charge is 0.452 e. The lowest BCUT2D eigenvalue weighted by atomic mass is 9.98. The van der Waals surface area contributed by atoms with Crippen molar-refractivity contribution in [1.29, 1.82) is 0 Å². The van der Waals surface area contributed by atoms with Crippen LogP contribution in [-0.4, -0.2) is 30.2 Å². The zero-order valence-corrected chi connectivity index (χ0v) is 14.4. The van der Waals surface area contributed by atoms with Crippen molar-refractivity contribution in [3.8, 4) is 0 Å². The SMILES string of the molecule is CC(=O)NNC(=O)COC(=O)c1ccccc1C(=O)c1ccc(C)cc1. The Morgan fingerprint density at radius 2 is 1.50 bits per heavy atom. The highest BCUT2D eigenvalue weighted by Gasteiger charge is 2.19. The summed E-state index contributed by atoms with van der Waals surface area (Å²) in [6, 6.07) is 13.2. The van der Waals surface area contributed by atoms with Crippen molar-refractivity contribution in [3.63, 3.8) is 0 Å². The molecule has 0 heterocycles. The molecule has 0 saturated carbocycles. The van der Waals surface area contributed by atoms with Crippen molar-refractivity contribution in [2.24, 2.45) is 0 Å². The summed E-state index contributed by atoms with van der Waals surface area (Å²) in [4.78, 5) is 47.1. The molecule has 0 saturated heterocycles. The Morgan fingerprint density at radius 3 is 2.12 bits per heavy atom. The van der Waals surface area contributed by atoms with E-state index < -0.39 is 24.4 Å². The number of hydrogen-bond acceptors (Lipinski definition) is 5. The van der Waals surface area contributed by atoms with E-state index in [1.807, 2.05) is 6.92 Å². The molecule has 0 spiro atoms. The minimum absolute atomic E-state index is 0.0606. The van der Waals surface area contributed by atoms with Crippen LogP contribution in [0.2, 0.25) is 0 Å². The maximum absolute atomic E-state index is 12.7. The molecule has 0 aliphatic rings. The zero-order valence-electron chi connectivity index (χ0n) is 14.4. The molecule has 2 aromatic rings. The van der Waals surface area contributed by atoms with Crippen molar-refractivity contribution in [1.82, 2.24) is 10.9 Å². The molecule has 0 aliphatic carbocycles. The van der Waals surface area contributed by atoms with Crippen LogP contribution in [0.25, 0.3) is 0 Å². The second-order valence-corrected chi connectivity index (χ2v) is 5.55. The average molecular weight is 354 g/mol. The number of carbonyl (C=O) groups is 4. The number of ether oxygens (including phenoxy) is 1. The summed E-state index contributed by atoms with van der Waals surface area (Å²) in [7, 11) is 0. The van der Waals surface area contributed by atoms with Crippen LogP contribution in [0.4, 0.5) is 0 Å². The smallest absolute Gasteiger partial charge is 0.339 e. The zero-order chi connectivity index (χ0) is 19.1. The van der Waals surface area contributed by atoms with Gasteiger partial charge in [-0.15, -0.1) is 0 Å². The lowest BCUT2D eigenvalue weighted by molar-refractivity contribution is -0.129. The van der Waals surface area contributed by atoms with Crippen molar-refractivity contribution in [2.75, 3.05) is 6.61 Å². The number of carbonyl (C=O) groups excluding carboxylic acids is 4. The Balaban J connectivity index is 2.11. The number of esters is 1. The lowest BCUT2D eigenvalue weighted by Gasteiger charge is -2.10. The lowest BCUT2D eigenvalue weighted by Crippen LogP contribution is -2.42. The quantitative estimate of drug-likeness (QED) is 0.482. The van der Waals surface area contributed by atoms with Crippen LogP contribution in [-0.2, 0) is 14.3 Å². The minimum Gasteiger partial charge on any atom is -0.452 e. The summed E-state index contributed by atoms with van der Waals surface area (Å²) in [5.41, 5.74) is 5.86. The maximum atomic E-state index is 12.7. The third-order valence-corrected chi connectivity index (χ3v) is 3.42. The van der Waals surface area contributed by atoms with Gasteiger partial charge in [0.15, 0.2) is 12.4 Å². The van der Waals surface area contributed by atoms with Gasteiger partial charge in [0.1, 0.15) is 0 Å². The predicted molar refractivity (Wildman–Crippen MR) is 93.3 cm³/mol. The van der Waals surface area contributed by atoms with E-state index in [2.05, 4.69) is 10.9 Å². The molecule has 2 aromatic carbocycles. The molecule has 0 unspecified atom stereocenters. The highest BCUT2D eigenvalue weighted by atomic mass is 16.5. The Labute approximate surface area is 150 Å². The molecular formula is C19H18N2O5. The minimum atomic E-state index is -0.806. The summed E-state index contributed by atoms with van der Waals surface area (Å²) in [5, 5.41) is 0. The van der Waals surface area contributed by atoms with Crippen molar-refractivity contribution < 1.29 is 23.9 Å². The fourth-order valence-electron chi connectivity index (χ4n) is 2.12. The normalized spacial score (nSPS) is 9.92. The average Bonchev–Trinajstić information content (AvgIpc) is 2.64. The van der Waals surface area contributed by atoms with Crippen LogP contribution in [0.5, 0.6) is 0 Å². The predicted octanol–water partition coefficient (Wildman–Crippen LogP) is 1.55. The van der Waals surface area contributed by atoms with Crippen molar-refractivity contribution in [2.45, 2.75) is 13.8 Å². The van der Waals surface area contributed by atoms with Gasteiger partial charge < -0.3 is 4.74 Å². The maximum Gasteiger partial charge on any atom is 0.339 e. The third-order valence-electron chi connectivity index (χ3n) is 3.42. The standard InChI is InChI=1S/C19H18N2O5/c1-12-7-9-14(10-8-12)18(24)15-5-3-4-6-16(15)19(25)26-11-17(23)21-20-13(2)22/h3-10H,11H2,1-2H3,(H,20,22)(H,21,23). The third kappa shape index (κ3) is 5.01. The monoisotopic (exact) mass is 354 g/mol. The first-order valence-corrected chi connectivity index (χ1v) is 7.81. The second kappa shape index (κ2) is 8.57. The van der Waals surface area contributed by atoms with Gasteiger partial charge in [-0.25, -0.2) is 4.79 Å². The van der Waals surface area contributed by atoms with Gasteiger partial charge in [-0.2, -0.15) is 0 Å². The van der Waals surface area contributed by atoms with Crippen LogP contribution in [0.3, 0.4) is 0 Å². The van der Waals surface area contributed by atoms with Crippen LogP contribution in [0.1, 0.15) is 38.8 Å². The van der Waals surface area contributed by atoms with Crippen LogP contribution >= 0.6 is 0 Å². The van der Waals surface area contributed by atoms with E-state index in [4.69, 9.17) is 4.74 Å². The first kappa shape index (κ1) is 18.9. The molecule has 2 rings (SSSR count). The van der Waals surface area contributed by atoms with E-state index in [1.54, 1.807) is 36.4 Å². The Hall–Kier alpha value is -3.48. The molecular weight excluding hydrogens is 336 g/mol. The van der Waals surface area contributed by atoms with Crippen LogP contribution < -0.4 is 10.9 Å². The number of rotatable bonds is 5. The van der Waals surface area contributed by atoms with Gasteiger partial charge >= 0.3 is 5.97 Å². The van der Waals surface area contributed by atoms with Gasteiger partial charge in [-0.1, -0.05) is 48.0 Å². The van der Waals surface area contributed by atoms with E-state index in [0.29, 0.717) is 5.56 Å². The molecule has 134 valence electrons. The van der Waals surface area contributed by atoms with Gasteiger partial charge in [0.05, 0.1) is 5.56 Å². The summed E-state index contributed by atoms with van der Waals surface area (Å²) in [6.07, 6.45) is 0. The molecule has 2 amide bonds. The van der Waals surface area contributed by atoms with E-state index >= 15 is 0 Å². The van der Waals surface area contributed by atoms with Gasteiger partial charge in [-0.3, -0.25) is 25.2 Å². The molecule has 0 bridgehead atoms. The molecule has 7 heteroatoms. The van der Waals surface area contributed by atoms with Crippen molar-refractivity contribution >= 4 is 23.6 Å². The Bertz CT molecular complexity index is 843. The molecule has 0 radical (unpaired) electrons. The summed E-state index contributed by atoms with van der Waals surface area (Å²) in [5.74, 6) is -2.28. The molecule has 0 atom stereocenters. The number of benzene rings is 2. The van der Waals surface area contributed by atoms with E-state index in [-0.39, 0.29) is 16.9 Å². The highest BCUT2D eigenvalue weighted by Crippen LogP contribution is 2.16. The molecule has 2 N–H and O–H groups in total. The topological polar surface area (TPSA) is 102 Å². The van der Waals surface area contributed by atoms with Crippen molar-refractivity contribution in [3.05, 3.63) is 70.8 Å².